The molecule has 0 aromatic carbocycles. The average molecular weight is 325 g/mol. The fourth-order valence-corrected chi connectivity index (χ4v) is 2.59. The van der Waals surface area contributed by atoms with Crippen molar-refractivity contribution >= 4 is 12.3 Å². The Morgan fingerprint density at radius 1 is 0.870 bits per heavy atom. The standard InChI is InChI=1S/C20H36O3/c1-3-4-5-6-7-8-9-10-11-12-13-14-15-16-17-20(18-21)23-19(2)22/h6-7,18,20H,3-5,8-17H2,1-2H3/b7-6-. The van der Waals surface area contributed by atoms with Crippen LogP contribution in [0.2, 0.25) is 0 Å². The van der Waals surface area contributed by atoms with Gasteiger partial charge in [0, 0.05) is 6.92 Å². The Morgan fingerprint density at radius 2 is 1.39 bits per heavy atom. The molecule has 0 saturated carbocycles. The van der Waals surface area contributed by atoms with Crippen molar-refractivity contribution < 1.29 is 14.3 Å². The quantitative estimate of drug-likeness (QED) is 0.157. The predicted octanol–water partition coefficient (Wildman–Crippen LogP) is 5.76. The molecule has 0 fully saturated rings. The highest BCUT2D eigenvalue weighted by Crippen LogP contribution is 2.12. The zero-order valence-corrected chi connectivity index (χ0v) is 15.2. The Hall–Kier alpha value is -1.12. The molecule has 0 saturated heterocycles. The Balaban J connectivity index is 3.25. The third kappa shape index (κ3) is 17.1. The summed E-state index contributed by atoms with van der Waals surface area (Å²) in [6.45, 7) is 3.58. The summed E-state index contributed by atoms with van der Waals surface area (Å²) in [5.41, 5.74) is 0. The van der Waals surface area contributed by atoms with Crippen LogP contribution in [0.25, 0.3) is 0 Å². The van der Waals surface area contributed by atoms with Crippen molar-refractivity contribution in [2.45, 2.75) is 103 Å². The fourth-order valence-electron chi connectivity index (χ4n) is 2.59. The minimum atomic E-state index is -0.544. The third-order valence-corrected chi connectivity index (χ3v) is 3.97. The van der Waals surface area contributed by atoms with Gasteiger partial charge in [0.25, 0.3) is 0 Å². The summed E-state index contributed by atoms with van der Waals surface area (Å²) in [6, 6.07) is 0. The fraction of sp³-hybridized carbons (Fsp3) is 0.800. The first kappa shape index (κ1) is 21.9. The zero-order valence-electron chi connectivity index (χ0n) is 15.2. The van der Waals surface area contributed by atoms with Crippen LogP contribution in [-0.2, 0) is 14.3 Å². The first-order chi connectivity index (χ1) is 11.2. The largest absolute Gasteiger partial charge is 0.455 e. The van der Waals surface area contributed by atoms with E-state index in [-0.39, 0.29) is 5.97 Å². The van der Waals surface area contributed by atoms with Crippen LogP contribution >= 0.6 is 0 Å². The van der Waals surface area contributed by atoms with Crippen molar-refractivity contribution in [1.29, 1.82) is 0 Å². The molecule has 23 heavy (non-hydrogen) atoms. The number of hydrogen-bond donors (Lipinski definition) is 0. The van der Waals surface area contributed by atoms with E-state index < -0.39 is 6.10 Å². The SMILES string of the molecule is CCCC/C=C\CCCCCCCCCCC(C=O)OC(C)=O. The summed E-state index contributed by atoms with van der Waals surface area (Å²) < 4.78 is 4.90. The van der Waals surface area contributed by atoms with Gasteiger partial charge in [0.05, 0.1) is 0 Å². The van der Waals surface area contributed by atoms with Crippen molar-refractivity contribution in [1.82, 2.24) is 0 Å². The molecule has 134 valence electrons. The number of carbonyl (C=O) groups is 2. The Bertz CT molecular complexity index is 310. The monoisotopic (exact) mass is 324 g/mol. The maximum absolute atomic E-state index is 10.8. The number of ether oxygens (including phenoxy) is 1. The molecule has 3 nitrogen and oxygen atoms in total. The molecule has 0 aliphatic heterocycles. The molecule has 1 atom stereocenters. The van der Waals surface area contributed by atoms with Gasteiger partial charge in [0.2, 0.25) is 0 Å². The maximum atomic E-state index is 10.8. The number of rotatable bonds is 16. The van der Waals surface area contributed by atoms with E-state index in [9.17, 15) is 9.59 Å². The Labute approximate surface area is 142 Å². The number of carbonyl (C=O) groups excluding carboxylic acids is 2. The topological polar surface area (TPSA) is 43.4 Å². The van der Waals surface area contributed by atoms with Gasteiger partial charge in [-0.1, -0.05) is 70.4 Å². The molecule has 0 aliphatic rings. The zero-order chi connectivity index (χ0) is 17.2. The van der Waals surface area contributed by atoms with Gasteiger partial charge in [0.15, 0.2) is 12.4 Å². The number of allylic oxidation sites excluding steroid dienone is 2. The summed E-state index contributed by atoms with van der Waals surface area (Å²) in [4.78, 5) is 21.5. The van der Waals surface area contributed by atoms with E-state index in [1.807, 2.05) is 0 Å². The van der Waals surface area contributed by atoms with Crippen LogP contribution in [-0.4, -0.2) is 18.4 Å². The average Bonchev–Trinajstić information content (AvgIpc) is 2.53. The summed E-state index contributed by atoms with van der Waals surface area (Å²) in [5.74, 6) is -0.373. The molecule has 0 aliphatic carbocycles. The summed E-state index contributed by atoms with van der Waals surface area (Å²) in [6.07, 6.45) is 20.4. The van der Waals surface area contributed by atoms with Crippen molar-refractivity contribution in [3.05, 3.63) is 12.2 Å². The van der Waals surface area contributed by atoms with E-state index >= 15 is 0 Å². The van der Waals surface area contributed by atoms with Gasteiger partial charge in [-0.2, -0.15) is 0 Å². The van der Waals surface area contributed by atoms with Gasteiger partial charge < -0.3 is 4.74 Å². The predicted molar refractivity (Wildman–Crippen MR) is 96.5 cm³/mol. The first-order valence-corrected chi connectivity index (χ1v) is 9.48. The molecule has 0 heterocycles. The lowest BCUT2D eigenvalue weighted by Crippen LogP contribution is -2.17. The second-order valence-electron chi connectivity index (χ2n) is 6.30. The van der Waals surface area contributed by atoms with Crippen LogP contribution in [0.1, 0.15) is 97.3 Å². The molecule has 0 aromatic rings. The van der Waals surface area contributed by atoms with Crippen LogP contribution in [0.5, 0.6) is 0 Å². The second kappa shape index (κ2) is 17.2. The first-order valence-electron chi connectivity index (χ1n) is 9.48. The van der Waals surface area contributed by atoms with Crippen molar-refractivity contribution in [2.24, 2.45) is 0 Å². The van der Waals surface area contributed by atoms with Gasteiger partial charge in [-0.3, -0.25) is 9.59 Å². The van der Waals surface area contributed by atoms with E-state index in [2.05, 4.69) is 19.1 Å². The van der Waals surface area contributed by atoms with Crippen molar-refractivity contribution in [2.75, 3.05) is 0 Å². The highest BCUT2D eigenvalue weighted by Gasteiger charge is 2.09. The smallest absolute Gasteiger partial charge is 0.303 e. The van der Waals surface area contributed by atoms with Gasteiger partial charge in [-0.15, -0.1) is 0 Å². The van der Waals surface area contributed by atoms with E-state index in [0.29, 0.717) is 6.42 Å². The van der Waals surface area contributed by atoms with Crippen LogP contribution in [0, 0.1) is 0 Å². The molecule has 0 aromatic heterocycles. The Morgan fingerprint density at radius 3 is 1.91 bits per heavy atom. The van der Waals surface area contributed by atoms with Gasteiger partial charge >= 0.3 is 5.97 Å². The lowest BCUT2D eigenvalue weighted by atomic mass is 10.0. The van der Waals surface area contributed by atoms with Crippen molar-refractivity contribution in [3.8, 4) is 0 Å². The van der Waals surface area contributed by atoms with E-state index in [0.717, 1.165) is 19.1 Å². The van der Waals surface area contributed by atoms with Crippen LogP contribution in [0.15, 0.2) is 12.2 Å². The summed E-state index contributed by atoms with van der Waals surface area (Å²) in [7, 11) is 0. The molecule has 0 N–H and O–H groups in total. The van der Waals surface area contributed by atoms with Crippen molar-refractivity contribution in [3.63, 3.8) is 0 Å². The molecule has 0 rings (SSSR count). The van der Waals surface area contributed by atoms with E-state index in [1.54, 1.807) is 0 Å². The molecule has 0 radical (unpaired) electrons. The number of esters is 1. The molecule has 0 amide bonds. The molecule has 0 spiro atoms. The lowest BCUT2D eigenvalue weighted by Gasteiger charge is -2.09. The lowest BCUT2D eigenvalue weighted by molar-refractivity contribution is -0.149. The number of unbranched alkanes of at least 4 members (excludes halogenated alkanes) is 10. The van der Waals surface area contributed by atoms with Gasteiger partial charge in [-0.25, -0.2) is 0 Å². The highest BCUT2D eigenvalue weighted by atomic mass is 16.5. The second-order valence-corrected chi connectivity index (χ2v) is 6.30. The highest BCUT2D eigenvalue weighted by molar-refractivity contribution is 5.69. The molecule has 3 heteroatoms. The number of hydrogen-bond acceptors (Lipinski definition) is 3. The molecular weight excluding hydrogens is 288 g/mol. The van der Waals surface area contributed by atoms with Gasteiger partial charge in [-0.05, 0) is 32.1 Å². The van der Waals surface area contributed by atoms with Crippen LogP contribution in [0.3, 0.4) is 0 Å². The third-order valence-electron chi connectivity index (χ3n) is 3.97. The van der Waals surface area contributed by atoms with E-state index in [1.165, 1.54) is 71.1 Å². The Kier molecular flexibility index (Phi) is 16.4. The maximum Gasteiger partial charge on any atom is 0.303 e. The minimum Gasteiger partial charge on any atom is -0.455 e. The molecular formula is C20H36O3. The van der Waals surface area contributed by atoms with Crippen LogP contribution in [0.4, 0.5) is 0 Å². The summed E-state index contributed by atoms with van der Waals surface area (Å²) >= 11 is 0. The van der Waals surface area contributed by atoms with Crippen LogP contribution < -0.4 is 0 Å². The minimum absolute atomic E-state index is 0.373. The molecule has 1 unspecified atom stereocenters. The molecule has 0 bridgehead atoms. The summed E-state index contributed by atoms with van der Waals surface area (Å²) in [5, 5.41) is 0. The van der Waals surface area contributed by atoms with E-state index in [4.69, 9.17) is 4.74 Å². The number of aldehydes is 1. The normalized spacial score (nSPS) is 12.4. The van der Waals surface area contributed by atoms with Gasteiger partial charge in [0.1, 0.15) is 0 Å².